The molecule has 3 nitrogen and oxygen atoms in total. The molecule has 84 valence electrons. The maximum atomic E-state index is 5.40. The number of nitrogens with one attached hydrogen (secondary N) is 1. The van der Waals surface area contributed by atoms with Crippen LogP contribution < -0.4 is 5.32 Å². The summed E-state index contributed by atoms with van der Waals surface area (Å²) in [6, 6.07) is 0.854. The van der Waals surface area contributed by atoms with Crippen molar-refractivity contribution < 1.29 is 4.74 Å². The van der Waals surface area contributed by atoms with Gasteiger partial charge in [0, 0.05) is 24.2 Å². The standard InChI is InChI=1S/C11H18N2OS/c1-8(10-3-5-14-7-10)13-9(2)11-12-4-6-15-11/h4,6,8-10,13H,3,5,7H2,1-2H3. The summed E-state index contributed by atoms with van der Waals surface area (Å²) in [6.45, 7) is 6.23. The van der Waals surface area contributed by atoms with Crippen molar-refractivity contribution in [1.29, 1.82) is 0 Å². The van der Waals surface area contributed by atoms with E-state index >= 15 is 0 Å². The van der Waals surface area contributed by atoms with Gasteiger partial charge in [-0.25, -0.2) is 4.98 Å². The van der Waals surface area contributed by atoms with Crippen molar-refractivity contribution in [2.45, 2.75) is 32.4 Å². The van der Waals surface area contributed by atoms with Gasteiger partial charge in [0.1, 0.15) is 5.01 Å². The van der Waals surface area contributed by atoms with E-state index in [9.17, 15) is 0 Å². The quantitative estimate of drug-likeness (QED) is 0.855. The van der Waals surface area contributed by atoms with Gasteiger partial charge in [-0.1, -0.05) is 0 Å². The summed E-state index contributed by atoms with van der Waals surface area (Å²) in [4.78, 5) is 4.32. The number of thiazole rings is 1. The first-order valence-corrected chi connectivity index (χ1v) is 6.38. The molecule has 0 saturated carbocycles. The van der Waals surface area contributed by atoms with Crippen molar-refractivity contribution in [1.82, 2.24) is 10.3 Å². The SMILES string of the molecule is CC(NC(C)C1CCOC1)c1nccs1. The van der Waals surface area contributed by atoms with Gasteiger partial charge in [-0.05, 0) is 26.2 Å². The Morgan fingerprint density at radius 3 is 3.07 bits per heavy atom. The molecule has 0 aromatic carbocycles. The van der Waals surface area contributed by atoms with E-state index in [1.807, 2.05) is 11.6 Å². The summed E-state index contributed by atoms with van der Waals surface area (Å²) in [5, 5.41) is 6.78. The molecule has 15 heavy (non-hydrogen) atoms. The molecule has 0 bridgehead atoms. The number of aromatic nitrogens is 1. The minimum atomic E-state index is 0.348. The molecule has 1 fully saturated rings. The highest BCUT2D eigenvalue weighted by Crippen LogP contribution is 2.21. The normalized spacial score (nSPS) is 25.3. The molecule has 1 aromatic heterocycles. The highest BCUT2D eigenvalue weighted by atomic mass is 32.1. The van der Waals surface area contributed by atoms with Crippen LogP contribution in [0.1, 0.15) is 31.3 Å². The largest absolute Gasteiger partial charge is 0.381 e. The van der Waals surface area contributed by atoms with Crippen LogP contribution in [0.5, 0.6) is 0 Å². The fourth-order valence-electron chi connectivity index (χ4n) is 2.00. The maximum Gasteiger partial charge on any atom is 0.109 e. The molecule has 3 atom stereocenters. The Bertz CT molecular complexity index is 283. The molecule has 4 heteroatoms. The summed E-state index contributed by atoms with van der Waals surface area (Å²) in [5.41, 5.74) is 0. The first-order chi connectivity index (χ1) is 7.27. The van der Waals surface area contributed by atoms with Crippen LogP contribution in [0.4, 0.5) is 0 Å². The molecular formula is C11H18N2OS. The van der Waals surface area contributed by atoms with Crippen molar-refractivity contribution in [3.05, 3.63) is 16.6 Å². The summed E-state index contributed by atoms with van der Waals surface area (Å²) in [6.07, 6.45) is 3.04. The molecule has 2 heterocycles. The van der Waals surface area contributed by atoms with E-state index < -0.39 is 0 Å². The Morgan fingerprint density at radius 2 is 2.47 bits per heavy atom. The Morgan fingerprint density at radius 1 is 1.60 bits per heavy atom. The Hall–Kier alpha value is -0.450. The van der Waals surface area contributed by atoms with E-state index in [0.29, 0.717) is 18.0 Å². The zero-order valence-electron chi connectivity index (χ0n) is 9.27. The van der Waals surface area contributed by atoms with E-state index in [1.54, 1.807) is 11.3 Å². The van der Waals surface area contributed by atoms with Crippen molar-refractivity contribution in [2.24, 2.45) is 5.92 Å². The minimum Gasteiger partial charge on any atom is -0.381 e. The number of hydrogen-bond donors (Lipinski definition) is 1. The molecule has 0 spiro atoms. The van der Waals surface area contributed by atoms with Crippen LogP contribution >= 0.6 is 11.3 Å². The number of ether oxygens (including phenoxy) is 1. The summed E-state index contributed by atoms with van der Waals surface area (Å²) >= 11 is 1.71. The second-order valence-corrected chi connectivity index (χ2v) is 5.10. The summed E-state index contributed by atoms with van der Waals surface area (Å²) in [7, 11) is 0. The van der Waals surface area contributed by atoms with E-state index in [4.69, 9.17) is 4.74 Å². The molecule has 0 radical (unpaired) electrons. The monoisotopic (exact) mass is 226 g/mol. The summed E-state index contributed by atoms with van der Waals surface area (Å²) in [5.74, 6) is 0.660. The van der Waals surface area contributed by atoms with Gasteiger partial charge >= 0.3 is 0 Å². The van der Waals surface area contributed by atoms with Gasteiger partial charge in [0.25, 0.3) is 0 Å². The molecular weight excluding hydrogens is 208 g/mol. The van der Waals surface area contributed by atoms with Crippen molar-refractivity contribution >= 4 is 11.3 Å². The van der Waals surface area contributed by atoms with Crippen LogP contribution in [0.2, 0.25) is 0 Å². The summed E-state index contributed by atoms with van der Waals surface area (Å²) < 4.78 is 5.40. The van der Waals surface area contributed by atoms with Crippen LogP contribution in [-0.4, -0.2) is 24.2 Å². The van der Waals surface area contributed by atoms with Gasteiger partial charge in [-0.2, -0.15) is 0 Å². The van der Waals surface area contributed by atoms with Crippen LogP contribution in [0.15, 0.2) is 11.6 Å². The first kappa shape index (κ1) is 11.0. The number of hydrogen-bond acceptors (Lipinski definition) is 4. The van der Waals surface area contributed by atoms with Crippen molar-refractivity contribution in [2.75, 3.05) is 13.2 Å². The maximum absolute atomic E-state index is 5.40. The third kappa shape index (κ3) is 2.77. The molecule has 1 N–H and O–H groups in total. The molecule has 3 unspecified atom stereocenters. The third-order valence-electron chi connectivity index (χ3n) is 3.01. The topological polar surface area (TPSA) is 34.1 Å². The van der Waals surface area contributed by atoms with Gasteiger partial charge in [-0.3, -0.25) is 0 Å². The lowest BCUT2D eigenvalue weighted by Crippen LogP contribution is -2.35. The van der Waals surface area contributed by atoms with Gasteiger partial charge in [0.15, 0.2) is 0 Å². The molecule has 1 aliphatic rings. The fourth-order valence-corrected chi connectivity index (χ4v) is 2.65. The van der Waals surface area contributed by atoms with Gasteiger partial charge in [0.05, 0.1) is 12.6 Å². The van der Waals surface area contributed by atoms with Gasteiger partial charge in [-0.15, -0.1) is 11.3 Å². The highest BCUT2D eigenvalue weighted by molar-refractivity contribution is 7.09. The van der Waals surface area contributed by atoms with Crippen molar-refractivity contribution in [3.8, 4) is 0 Å². The average Bonchev–Trinajstić information content (AvgIpc) is 2.91. The Kier molecular flexibility index (Phi) is 3.72. The fraction of sp³-hybridized carbons (Fsp3) is 0.727. The molecule has 1 saturated heterocycles. The molecule has 2 rings (SSSR count). The number of nitrogens with zero attached hydrogens (tertiary/aromatic N) is 1. The lowest BCUT2D eigenvalue weighted by atomic mass is 10.0. The van der Waals surface area contributed by atoms with E-state index in [0.717, 1.165) is 13.2 Å². The minimum absolute atomic E-state index is 0.348. The molecule has 0 aliphatic carbocycles. The second kappa shape index (κ2) is 5.05. The predicted molar refractivity (Wildman–Crippen MR) is 62.1 cm³/mol. The average molecular weight is 226 g/mol. The van der Waals surface area contributed by atoms with Crippen LogP contribution in [-0.2, 0) is 4.74 Å². The van der Waals surface area contributed by atoms with Crippen molar-refractivity contribution in [3.63, 3.8) is 0 Å². The zero-order valence-corrected chi connectivity index (χ0v) is 10.1. The smallest absolute Gasteiger partial charge is 0.109 e. The predicted octanol–water partition coefficient (Wildman–Crippen LogP) is 2.22. The van der Waals surface area contributed by atoms with Crippen LogP contribution in [0, 0.1) is 5.92 Å². The number of rotatable bonds is 4. The van der Waals surface area contributed by atoms with Crippen LogP contribution in [0.3, 0.4) is 0 Å². The van der Waals surface area contributed by atoms with Gasteiger partial charge in [0.2, 0.25) is 0 Å². The Labute approximate surface area is 94.9 Å². The van der Waals surface area contributed by atoms with E-state index in [-0.39, 0.29) is 0 Å². The first-order valence-electron chi connectivity index (χ1n) is 5.50. The zero-order chi connectivity index (χ0) is 10.7. The van der Waals surface area contributed by atoms with E-state index in [2.05, 4.69) is 24.1 Å². The second-order valence-electron chi connectivity index (χ2n) is 4.17. The third-order valence-corrected chi connectivity index (χ3v) is 3.97. The molecule has 1 aliphatic heterocycles. The van der Waals surface area contributed by atoms with Gasteiger partial charge < -0.3 is 10.1 Å². The lowest BCUT2D eigenvalue weighted by molar-refractivity contribution is 0.177. The van der Waals surface area contributed by atoms with E-state index in [1.165, 1.54) is 11.4 Å². The Balaban J connectivity index is 1.85. The molecule has 0 amide bonds. The lowest BCUT2D eigenvalue weighted by Gasteiger charge is -2.22. The molecule has 1 aromatic rings. The highest BCUT2D eigenvalue weighted by Gasteiger charge is 2.23. The van der Waals surface area contributed by atoms with Crippen LogP contribution in [0.25, 0.3) is 0 Å².